The summed E-state index contributed by atoms with van der Waals surface area (Å²) in [6, 6.07) is 8.28. The lowest BCUT2D eigenvalue weighted by molar-refractivity contribution is 0.586. The van der Waals surface area contributed by atoms with Crippen molar-refractivity contribution in [1.29, 1.82) is 0 Å². The monoisotopic (exact) mass is 254 g/mol. The van der Waals surface area contributed by atoms with Crippen LogP contribution in [-0.4, -0.2) is 14.8 Å². The van der Waals surface area contributed by atoms with E-state index in [4.69, 9.17) is 10.7 Å². The van der Waals surface area contributed by atoms with Gasteiger partial charge in [-0.25, -0.2) is 9.67 Å². The molecule has 0 unspecified atom stereocenters. The van der Waals surface area contributed by atoms with Gasteiger partial charge in [-0.1, -0.05) is 31.5 Å². The zero-order valence-corrected chi connectivity index (χ0v) is 11.3. The summed E-state index contributed by atoms with van der Waals surface area (Å²) in [5.41, 5.74) is 9.12. The van der Waals surface area contributed by atoms with Crippen LogP contribution in [0.2, 0.25) is 0 Å². The van der Waals surface area contributed by atoms with Crippen LogP contribution in [0.4, 0.5) is 5.82 Å². The number of pyridine rings is 1. The van der Waals surface area contributed by atoms with Crippen LogP contribution in [-0.2, 0) is 6.54 Å². The minimum atomic E-state index is 0.571. The van der Waals surface area contributed by atoms with E-state index in [0.29, 0.717) is 5.82 Å². The van der Waals surface area contributed by atoms with E-state index in [9.17, 15) is 0 Å². The molecule has 0 amide bonds. The molecule has 3 rings (SSSR count). The lowest BCUT2D eigenvalue weighted by Gasteiger charge is -2.04. The SMILES string of the molecule is CCCCn1nc(N)c2cc3cccc(C)c3nc21. The Balaban J connectivity index is 2.28. The molecule has 0 fully saturated rings. The van der Waals surface area contributed by atoms with Crippen molar-refractivity contribution in [2.24, 2.45) is 0 Å². The Morgan fingerprint density at radius 2 is 2.16 bits per heavy atom. The molecule has 0 aliphatic rings. The Hall–Kier alpha value is -2.10. The molecular formula is C15H18N4. The Kier molecular flexibility index (Phi) is 2.85. The highest BCUT2D eigenvalue weighted by molar-refractivity contribution is 5.97. The fraction of sp³-hybridized carbons (Fsp3) is 0.333. The van der Waals surface area contributed by atoms with E-state index in [2.05, 4.69) is 37.1 Å². The molecular weight excluding hydrogens is 236 g/mol. The fourth-order valence-corrected chi connectivity index (χ4v) is 2.42. The smallest absolute Gasteiger partial charge is 0.160 e. The van der Waals surface area contributed by atoms with Crippen molar-refractivity contribution in [3.8, 4) is 0 Å². The first-order valence-electron chi connectivity index (χ1n) is 6.73. The molecule has 0 saturated carbocycles. The predicted octanol–water partition coefficient (Wildman–Crippen LogP) is 3.28. The molecule has 0 saturated heterocycles. The highest BCUT2D eigenvalue weighted by Crippen LogP contribution is 2.25. The highest BCUT2D eigenvalue weighted by atomic mass is 15.3. The number of aryl methyl sites for hydroxylation is 2. The lowest BCUT2D eigenvalue weighted by atomic mass is 10.1. The number of para-hydroxylation sites is 1. The quantitative estimate of drug-likeness (QED) is 0.780. The highest BCUT2D eigenvalue weighted by Gasteiger charge is 2.11. The van der Waals surface area contributed by atoms with Crippen LogP contribution in [0, 0.1) is 6.92 Å². The zero-order valence-electron chi connectivity index (χ0n) is 11.3. The van der Waals surface area contributed by atoms with Gasteiger partial charge in [0, 0.05) is 11.9 Å². The average Bonchev–Trinajstić information content (AvgIpc) is 2.72. The summed E-state index contributed by atoms with van der Waals surface area (Å²) < 4.78 is 1.93. The number of hydrogen-bond acceptors (Lipinski definition) is 3. The summed E-state index contributed by atoms with van der Waals surface area (Å²) in [5, 5.41) is 6.48. The molecule has 1 aromatic carbocycles. The Labute approximate surface area is 112 Å². The van der Waals surface area contributed by atoms with Gasteiger partial charge in [0.2, 0.25) is 0 Å². The van der Waals surface area contributed by atoms with Crippen molar-refractivity contribution in [3.63, 3.8) is 0 Å². The number of hydrogen-bond donors (Lipinski definition) is 1. The summed E-state index contributed by atoms with van der Waals surface area (Å²) in [6.07, 6.45) is 2.22. The number of nitrogen functional groups attached to an aromatic ring is 1. The molecule has 4 heteroatoms. The van der Waals surface area contributed by atoms with Gasteiger partial charge >= 0.3 is 0 Å². The van der Waals surface area contributed by atoms with Crippen molar-refractivity contribution in [2.75, 3.05) is 5.73 Å². The second-order valence-electron chi connectivity index (χ2n) is 4.97. The molecule has 0 radical (unpaired) electrons. The van der Waals surface area contributed by atoms with Gasteiger partial charge in [-0.2, -0.15) is 5.10 Å². The summed E-state index contributed by atoms with van der Waals surface area (Å²) >= 11 is 0. The van der Waals surface area contributed by atoms with E-state index >= 15 is 0 Å². The van der Waals surface area contributed by atoms with E-state index in [1.54, 1.807) is 0 Å². The number of aromatic nitrogens is 3. The van der Waals surface area contributed by atoms with Crippen LogP contribution < -0.4 is 5.73 Å². The molecule has 4 nitrogen and oxygen atoms in total. The van der Waals surface area contributed by atoms with Gasteiger partial charge in [0.1, 0.15) is 0 Å². The Morgan fingerprint density at radius 1 is 1.32 bits per heavy atom. The van der Waals surface area contributed by atoms with Crippen molar-refractivity contribution < 1.29 is 0 Å². The van der Waals surface area contributed by atoms with Gasteiger partial charge in [0.15, 0.2) is 11.5 Å². The summed E-state index contributed by atoms with van der Waals surface area (Å²) in [5.74, 6) is 0.571. The second-order valence-corrected chi connectivity index (χ2v) is 4.97. The van der Waals surface area contributed by atoms with Crippen molar-refractivity contribution in [2.45, 2.75) is 33.2 Å². The minimum Gasteiger partial charge on any atom is -0.382 e. The third-order valence-electron chi connectivity index (χ3n) is 3.50. The molecule has 0 aliphatic carbocycles. The van der Waals surface area contributed by atoms with Crippen LogP contribution in [0.5, 0.6) is 0 Å². The van der Waals surface area contributed by atoms with Crippen LogP contribution in [0.25, 0.3) is 21.9 Å². The van der Waals surface area contributed by atoms with Crippen LogP contribution in [0.15, 0.2) is 24.3 Å². The Morgan fingerprint density at radius 3 is 2.95 bits per heavy atom. The number of unbranched alkanes of at least 4 members (excludes halogenated alkanes) is 1. The number of fused-ring (bicyclic) bond motifs is 2. The molecule has 0 atom stereocenters. The van der Waals surface area contributed by atoms with Crippen molar-refractivity contribution in [1.82, 2.24) is 14.8 Å². The van der Waals surface area contributed by atoms with Gasteiger partial charge in [-0.15, -0.1) is 0 Å². The fourth-order valence-electron chi connectivity index (χ4n) is 2.42. The van der Waals surface area contributed by atoms with Crippen LogP contribution in [0.3, 0.4) is 0 Å². The first-order valence-corrected chi connectivity index (χ1v) is 6.73. The molecule has 0 aliphatic heterocycles. The maximum absolute atomic E-state index is 6.01. The Bertz CT molecular complexity index is 743. The maximum atomic E-state index is 6.01. The van der Waals surface area contributed by atoms with Gasteiger partial charge < -0.3 is 5.73 Å². The van der Waals surface area contributed by atoms with Gasteiger partial charge in [-0.05, 0) is 25.0 Å². The molecule has 98 valence electrons. The van der Waals surface area contributed by atoms with Crippen molar-refractivity contribution >= 4 is 27.8 Å². The van der Waals surface area contributed by atoms with Crippen LogP contribution >= 0.6 is 0 Å². The molecule has 2 heterocycles. The molecule has 0 bridgehead atoms. The van der Waals surface area contributed by atoms with Gasteiger partial charge in [0.05, 0.1) is 10.9 Å². The molecule has 19 heavy (non-hydrogen) atoms. The number of anilines is 1. The summed E-state index contributed by atoms with van der Waals surface area (Å²) in [6.45, 7) is 5.12. The number of benzene rings is 1. The first-order chi connectivity index (χ1) is 9.20. The normalized spacial score (nSPS) is 11.5. The van der Waals surface area contributed by atoms with Gasteiger partial charge in [-0.3, -0.25) is 0 Å². The third kappa shape index (κ3) is 1.93. The van der Waals surface area contributed by atoms with Crippen LogP contribution in [0.1, 0.15) is 25.3 Å². The average molecular weight is 254 g/mol. The first kappa shape index (κ1) is 12.0. The predicted molar refractivity (Wildman–Crippen MR) is 79.1 cm³/mol. The maximum Gasteiger partial charge on any atom is 0.160 e. The number of nitrogens with zero attached hydrogens (tertiary/aromatic N) is 3. The molecule has 0 spiro atoms. The number of rotatable bonds is 3. The number of nitrogens with two attached hydrogens (primary N) is 1. The van der Waals surface area contributed by atoms with E-state index in [1.165, 1.54) is 5.56 Å². The topological polar surface area (TPSA) is 56.7 Å². The molecule has 3 aromatic rings. The summed E-state index contributed by atoms with van der Waals surface area (Å²) in [7, 11) is 0. The van der Waals surface area contributed by atoms with Gasteiger partial charge in [0.25, 0.3) is 0 Å². The van der Waals surface area contributed by atoms with E-state index in [0.717, 1.165) is 41.3 Å². The second kappa shape index (κ2) is 4.53. The van der Waals surface area contributed by atoms with Crippen molar-refractivity contribution in [3.05, 3.63) is 29.8 Å². The molecule has 2 N–H and O–H groups in total. The standard InChI is InChI=1S/C15H18N4/c1-3-4-8-19-15-12(14(16)18-19)9-11-7-5-6-10(2)13(11)17-15/h5-7,9H,3-4,8H2,1-2H3,(H2,16,18). The van der Waals surface area contributed by atoms with E-state index in [1.807, 2.05) is 10.7 Å². The van der Waals surface area contributed by atoms with E-state index in [-0.39, 0.29) is 0 Å². The largest absolute Gasteiger partial charge is 0.382 e. The summed E-state index contributed by atoms with van der Waals surface area (Å²) in [4.78, 5) is 4.77. The molecule has 2 aromatic heterocycles. The minimum absolute atomic E-state index is 0.571. The third-order valence-corrected chi connectivity index (χ3v) is 3.50. The van der Waals surface area contributed by atoms with E-state index < -0.39 is 0 Å². The zero-order chi connectivity index (χ0) is 13.4. The lowest BCUT2D eigenvalue weighted by Crippen LogP contribution is -2.01.